The number of nitrogens with zero attached hydrogens (tertiary/aromatic N) is 2. The Hall–Kier alpha value is -2.04. The molecular weight excluding hydrogens is 280 g/mol. The SMILES string of the molecule is CCOC(=O)CC1c2cccc3c2N(CCCC3)N1C(C)=O. The third-order valence-corrected chi connectivity index (χ3v) is 4.38. The topological polar surface area (TPSA) is 49.9 Å². The van der Waals surface area contributed by atoms with E-state index in [2.05, 4.69) is 11.1 Å². The van der Waals surface area contributed by atoms with Crippen LogP contribution in [0.4, 0.5) is 5.69 Å². The molecule has 0 spiro atoms. The Bertz CT molecular complexity index is 600. The molecule has 5 heteroatoms. The summed E-state index contributed by atoms with van der Waals surface area (Å²) in [6, 6.07) is 5.94. The van der Waals surface area contributed by atoms with Crippen LogP contribution in [0.5, 0.6) is 0 Å². The number of carbonyl (C=O) groups is 2. The van der Waals surface area contributed by atoms with Gasteiger partial charge >= 0.3 is 5.97 Å². The number of carbonyl (C=O) groups excluding carboxylic acids is 2. The van der Waals surface area contributed by atoms with Gasteiger partial charge in [0.25, 0.3) is 0 Å². The van der Waals surface area contributed by atoms with Crippen molar-refractivity contribution < 1.29 is 14.3 Å². The summed E-state index contributed by atoms with van der Waals surface area (Å²) < 4.78 is 5.09. The van der Waals surface area contributed by atoms with E-state index in [1.54, 1.807) is 18.9 Å². The van der Waals surface area contributed by atoms with Crippen molar-refractivity contribution in [2.24, 2.45) is 0 Å². The number of esters is 1. The second-order valence-electron chi connectivity index (χ2n) is 5.82. The van der Waals surface area contributed by atoms with E-state index in [1.807, 2.05) is 12.1 Å². The van der Waals surface area contributed by atoms with Crippen molar-refractivity contribution in [3.8, 4) is 0 Å². The zero-order valence-electron chi connectivity index (χ0n) is 13.2. The summed E-state index contributed by atoms with van der Waals surface area (Å²) in [5, 5.41) is 3.82. The van der Waals surface area contributed by atoms with E-state index in [-0.39, 0.29) is 24.3 Å². The van der Waals surface area contributed by atoms with Crippen molar-refractivity contribution in [3.63, 3.8) is 0 Å². The van der Waals surface area contributed by atoms with E-state index in [0.29, 0.717) is 6.61 Å². The molecule has 3 rings (SSSR count). The fraction of sp³-hybridized carbons (Fsp3) is 0.529. The molecule has 0 N–H and O–H groups in total. The van der Waals surface area contributed by atoms with Crippen LogP contribution in [0.25, 0.3) is 0 Å². The zero-order chi connectivity index (χ0) is 15.7. The highest BCUT2D eigenvalue weighted by molar-refractivity contribution is 5.82. The molecule has 0 fully saturated rings. The maximum atomic E-state index is 12.2. The fourth-order valence-corrected chi connectivity index (χ4v) is 3.56. The Balaban J connectivity index is 2.02. The molecule has 0 aliphatic carbocycles. The minimum atomic E-state index is -0.256. The molecule has 22 heavy (non-hydrogen) atoms. The van der Waals surface area contributed by atoms with Gasteiger partial charge in [-0.05, 0) is 31.7 Å². The Labute approximate surface area is 130 Å². The highest BCUT2D eigenvalue weighted by Crippen LogP contribution is 2.45. The highest BCUT2D eigenvalue weighted by Gasteiger charge is 2.41. The van der Waals surface area contributed by atoms with Crippen molar-refractivity contribution in [3.05, 3.63) is 29.3 Å². The van der Waals surface area contributed by atoms with E-state index in [0.717, 1.165) is 37.1 Å². The number of benzene rings is 1. The Morgan fingerprint density at radius 1 is 1.32 bits per heavy atom. The normalized spacial score (nSPS) is 19.6. The number of hydrazine groups is 1. The average Bonchev–Trinajstić information content (AvgIpc) is 2.64. The number of rotatable bonds is 3. The molecule has 0 saturated heterocycles. The van der Waals surface area contributed by atoms with E-state index in [4.69, 9.17) is 4.74 Å². The Morgan fingerprint density at radius 2 is 2.14 bits per heavy atom. The quantitative estimate of drug-likeness (QED) is 0.805. The van der Waals surface area contributed by atoms with Gasteiger partial charge in [0, 0.05) is 19.0 Å². The van der Waals surface area contributed by atoms with Crippen LogP contribution < -0.4 is 5.01 Å². The molecular formula is C17H22N2O3. The standard InChI is InChI=1S/C17H22N2O3/c1-3-22-16(21)11-15-14-9-6-8-13-7-4-5-10-18(17(13)14)19(15)12(2)20/h6,8-9,15H,3-5,7,10-11H2,1-2H3. The van der Waals surface area contributed by atoms with Gasteiger partial charge in [-0.25, -0.2) is 5.01 Å². The van der Waals surface area contributed by atoms with Gasteiger partial charge in [-0.2, -0.15) is 0 Å². The maximum Gasteiger partial charge on any atom is 0.308 e. The van der Waals surface area contributed by atoms with Crippen LogP contribution in [-0.2, 0) is 20.7 Å². The summed E-state index contributed by atoms with van der Waals surface area (Å²) in [5.41, 5.74) is 3.47. The molecule has 2 aliphatic heterocycles. The first-order valence-electron chi connectivity index (χ1n) is 7.98. The van der Waals surface area contributed by atoms with E-state index in [1.165, 1.54) is 5.56 Å². The van der Waals surface area contributed by atoms with Gasteiger partial charge in [0.05, 0.1) is 24.8 Å². The molecule has 1 atom stereocenters. The summed E-state index contributed by atoms with van der Waals surface area (Å²) in [6.45, 7) is 4.55. The molecule has 0 bridgehead atoms. The summed E-state index contributed by atoms with van der Waals surface area (Å²) in [6.07, 6.45) is 3.41. The number of anilines is 1. The second kappa shape index (κ2) is 5.99. The highest BCUT2D eigenvalue weighted by atomic mass is 16.5. The van der Waals surface area contributed by atoms with Crippen LogP contribution in [-0.4, -0.2) is 30.0 Å². The van der Waals surface area contributed by atoms with Gasteiger partial charge in [-0.15, -0.1) is 0 Å². The van der Waals surface area contributed by atoms with E-state index >= 15 is 0 Å². The van der Waals surface area contributed by atoms with Gasteiger partial charge in [-0.1, -0.05) is 18.2 Å². The van der Waals surface area contributed by atoms with E-state index in [9.17, 15) is 9.59 Å². The van der Waals surface area contributed by atoms with Gasteiger partial charge in [0.1, 0.15) is 0 Å². The smallest absolute Gasteiger partial charge is 0.308 e. The molecule has 2 heterocycles. The number of amides is 1. The lowest BCUT2D eigenvalue weighted by atomic mass is 9.98. The number of hydrogen-bond donors (Lipinski definition) is 0. The zero-order valence-corrected chi connectivity index (χ0v) is 13.2. The lowest BCUT2D eigenvalue weighted by Crippen LogP contribution is -2.44. The summed E-state index contributed by atoms with van der Waals surface area (Å²) >= 11 is 0. The van der Waals surface area contributed by atoms with Crippen LogP contribution in [0.3, 0.4) is 0 Å². The van der Waals surface area contributed by atoms with Crippen LogP contribution in [0.15, 0.2) is 18.2 Å². The molecule has 1 aromatic rings. The minimum absolute atomic E-state index is 0.0293. The molecule has 0 aromatic heterocycles. The van der Waals surface area contributed by atoms with Crippen LogP contribution in [0.2, 0.25) is 0 Å². The molecule has 1 amide bonds. The van der Waals surface area contributed by atoms with Crippen molar-refractivity contribution in [2.45, 2.75) is 45.6 Å². The lowest BCUT2D eigenvalue weighted by Gasteiger charge is -2.32. The van der Waals surface area contributed by atoms with Crippen molar-refractivity contribution in [2.75, 3.05) is 18.2 Å². The van der Waals surface area contributed by atoms with Crippen molar-refractivity contribution >= 4 is 17.6 Å². The lowest BCUT2D eigenvalue weighted by molar-refractivity contribution is -0.145. The van der Waals surface area contributed by atoms with Gasteiger partial charge in [0.2, 0.25) is 5.91 Å². The summed E-state index contributed by atoms with van der Waals surface area (Å²) in [7, 11) is 0. The second-order valence-corrected chi connectivity index (χ2v) is 5.82. The van der Waals surface area contributed by atoms with Crippen molar-refractivity contribution in [1.29, 1.82) is 0 Å². The Morgan fingerprint density at radius 3 is 2.86 bits per heavy atom. The largest absolute Gasteiger partial charge is 0.466 e. The number of hydrogen-bond acceptors (Lipinski definition) is 4. The average molecular weight is 302 g/mol. The van der Waals surface area contributed by atoms with Crippen molar-refractivity contribution in [1.82, 2.24) is 5.01 Å². The first kappa shape index (κ1) is 14.9. The van der Waals surface area contributed by atoms with Crippen LogP contribution in [0, 0.1) is 0 Å². The monoisotopic (exact) mass is 302 g/mol. The summed E-state index contributed by atoms with van der Waals surface area (Å²) in [4.78, 5) is 24.2. The number of ether oxygens (including phenoxy) is 1. The minimum Gasteiger partial charge on any atom is -0.466 e. The first-order valence-corrected chi connectivity index (χ1v) is 7.98. The molecule has 1 aromatic carbocycles. The van der Waals surface area contributed by atoms with Crippen LogP contribution >= 0.6 is 0 Å². The van der Waals surface area contributed by atoms with Gasteiger partial charge in [-0.3, -0.25) is 14.6 Å². The third-order valence-electron chi connectivity index (χ3n) is 4.38. The Kier molecular flexibility index (Phi) is 4.05. The molecule has 118 valence electrons. The predicted octanol–water partition coefficient (Wildman–Crippen LogP) is 2.60. The third kappa shape index (κ3) is 2.45. The number of para-hydroxylation sites is 1. The molecule has 0 radical (unpaired) electrons. The summed E-state index contributed by atoms with van der Waals surface area (Å²) in [5.74, 6) is -0.285. The van der Waals surface area contributed by atoms with Gasteiger partial charge < -0.3 is 4.74 Å². The molecule has 2 aliphatic rings. The van der Waals surface area contributed by atoms with E-state index < -0.39 is 0 Å². The molecule has 0 saturated carbocycles. The number of aryl methyl sites for hydroxylation is 1. The fourth-order valence-electron chi connectivity index (χ4n) is 3.56. The predicted molar refractivity (Wildman–Crippen MR) is 83.2 cm³/mol. The molecule has 1 unspecified atom stereocenters. The molecule has 5 nitrogen and oxygen atoms in total. The van der Waals surface area contributed by atoms with Crippen LogP contribution in [0.1, 0.15) is 50.3 Å². The van der Waals surface area contributed by atoms with Gasteiger partial charge in [0.15, 0.2) is 0 Å². The first-order chi connectivity index (χ1) is 10.6. The maximum absolute atomic E-state index is 12.2.